The Morgan fingerprint density at radius 2 is 1.45 bits per heavy atom. The smallest absolute Gasteiger partial charge is 0.305 e. The first-order chi connectivity index (χ1) is 10.7. The van der Waals surface area contributed by atoms with E-state index in [9.17, 15) is 4.79 Å². The molecule has 0 aliphatic carbocycles. The molecule has 0 aromatic rings. The molecular formula is C17H34O5. The standard InChI is InChI=1S/C17H34O5/c1-4-5-6-10-22-17(18)8-7-9-19-11-12-20-13-14-21-15-16(2)3/h16H,4-15H2,1-3H3. The summed E-state index contributed by atoms with van der Waals surface area (Å²) in [5.41, 5.74) is 0. The number of unbranched alkanes of at least 4 members (excludes halogenated alkanes) is 2. The number of hydrogen-bond acceptors (Lipinski definition) is 5. The number of esters is 1. The van der Waals surface area contributed by atoms with E-state index in [4.69, 9.17) is 18.9 Å². The molecule has 0 saturated carbocycles. The fraction of sp³-hybridized carbons (Fsp3) is 0.941. The zero-order chi connectivity index (χ0) is 16.5. The monoisotopic (exact) mass is 318 g/mol. The highest BCUT2D eigenvalue weighted by Crippen LogP contribution is 1.98. The molecular weight excluding hydrogens is 284 g/mol. The van der Waals surface area contributed by atoms with Gasteiger partial charge in [0.1, 0.15) is 0 Å². The van der Waals surface area contributed by atoms with Crippen molar-refractivity contribution >= 4 is 5.97 Å². The van der Waals surface area contributed by atoms with Gasteiger partial charge in [0.25, 0.3) is 0 Å². The highest BCUT2D eigenvalue weighted by molar-refractivity contribution is 5.69. The van der Waals surface area contributed by atoms with Gasteiger partial charge >= 0.3 is 5.97 Å². The zero-order valence-corrected chi connectivity index (χ0v) is 14.6. The van der Waals surface area contributed by atoms with Gasteiger partial charge in [-0.3, -0.25) is 4.79 Å². The van der Waals surface area contributed by atoms with Crippen LogP contribution in [0.2, 0.25) is 0 Å². The number of ether oxygens (including phenoxy) is 4. The van der Waals surface area contributed by atoms with Crippen molar-refractivity contribution in [2.45, 2.75) is 52.9 Å². The Kier molecular flexibility index (Phi) is 16.2. The summed E-state index contributed by atoms with van der Waals surface area (Å²) in [6.45, 7) is 10.6. The summed E-state index contributed by atoms with van der Waals surface area (Å²) in [7, 11) is 0. The van der Waals surface area contributed by atoms with Gasteiger partial charge in [0.15, 0.2) is 0 Å². The highest BCUT2D eigenvalue weighted by Gasteiger charge is 2.02. The van der Waals surface area contributed by atoms with Crippen molar-refractivity contribution in [3.63, 3.8) is 0 Å². The van der Waals surface area contributed by atoms with Crippen LogP contribution in [0.3, 0.4) is 0 Å². The molecule has 0 heterocycles. The maximum absolute atomic E-state index is 11.4. The molecule has 0 amide bonds. The molecule has 0 aliphatic heterocycles. The summed E-state index contributed by atoms with van der Waals surface area (Å²) in [6, 6.07) is 0. The predicted molar refractivity (Wildman–Crippen MR) is 87.0 cm³/mol. The Morgan fingerprint density at radius 1 is 0.818 bits per heavy atom. The molecule has 0 rings (SSSR count). The van der Waals surface area contributed by atoms with Crippen LogP contribution in [0.25, 0.3) is 0 Å². The Morgan fingerprint density at radius 3 is 2.09 bits per heavy atom. The van der Waals surface area contributed by atoms with E-state index in [-0.39, 0.29) is 5.97 Å². The Balaban J connectivity index is 3.12. The van der Waals surface area contributed by atoms with Crippen LogP contribution in [0.5, 0.6) is 0 Å². The maximum Gasteiger partial charge on any atom is 0.305 e. The van der Waals surface area contributed by atoms with Crippen LogP contribution >= 0.6 is 0 Å². The number of hydrogen-bond donors (Lipinski definition) is 0. The van der Waals surface area contributed by atoms with Gasteiger partial charge in [-0.2, -0.15) is 0 Å². The number of carbonyl (C=O) groups excluding carboxylic acids is 1. The van der Waals surface area contributed by atoms with Gasteiger partial charge in [0, 0.05) is 19.6 Å². The molecule has 0 saturated heterocycles. The summed E-state index contributed by atoms with van der Waals surface area (Å²) >= 11 is 0. The molecule has 0 atom stereocenters. The normalized spacial score (nSPS) is 11.1. The second-order valence-electron chi connectivity index (χ2n) is 5.72. The SMILES string of the molecule is CCCCCOC(=O)CCCOCCOCCOCC(C)C. The van der Waals surface area contributed by atoms with Crippen molar-refractivity contribution in [1.82, 2.24) is 0 Å². The molecule has 0 aromatic carbocycles. The molecule has 22 heavy (non-hydrogen) atoms. The molecule has 0 bridgehead atoms. The topological polar surface area (TPSA) is 54.0 Å². The van der Waals surface area contributed by atoms with Crippen molar-refractivity contribution in [1.29, 1.82) is 0 Å². The van der Waals surface area contributed by atoms with E-state index in [0.717, 1.165) is 25.9 Å². The van der Waals surface area contributed by atoms with Crippen molar-refractivity contribution in [3.8, 4) is 0 Å². The summed E-state index contributed by atoms with van der Waals surface area (Å²) in [4.78, 5) is 11.4. The van der Waals surface area contributed by atoms with E-state index in [1.54, 1.807) is 0 Å². The maximum atomic E-state index is 11.4. The lowest BCUT2D eigenvalue weighted by molar-refractivity contribution is -0.144. The van der Waals surface area contributed by atoms with E-state index < -0.39 is 0 Å². The highest BCUT2D eigenvalue weighted by atomic mass is 16.5. The van der Waals surface area contributed by atoms with Crippen LogP contribution in [0.15, 0.2) is 0 Å². The lowest BCUT2D eigenvalue weighted by atomic mass is 10.2. The van der Waals surface area contributed by atoms with Gasteiger partial charge in [0.05, 0.1) is 33.0 Å². The van der Waals surface area contributed by atoms with Crippen molar-refractivity contribution < 1.29 is 23.7 Å². The molecule has 132 valence electrons. The summed E-state index contributed by atoms with van der Waals surface area (Å²) in [6.07, 6.45) is 4.33. The molecule has 5 heteroatoms. The van der Waals surface area contributed by atoms with Crippen LogP contribution in [0.1, 0.15) is 52.9 Å². The third-order valence-electron chi connectivity index (χ3n) is 2.88. The Bertz CT molecular complexity index is 243. The molecule has 0 unspecified atom stereocenters. The van der Waals surface area contributed by atoms with Crippen LogP contribution in [0.4, 0.5) is 0 Å². The molecule has 0 fully saturated rings. The third kappa shape index (κ3) is 17.4. The van der Waals surface area contributed by atoms with Crippen molar-refractivity contribution in [2.75, 3.05) is 46.2 Å². The van der Waals surface area contributed by atoms with Crippen LogP contribution in [-0.2, 0) is 23.7 Å². The lowest BCUT2D eigenvalue weighted by Crippen LogP contribution is -2.12. The van der Waals surface area contributed by atoms with E-state index >= 15 is 0 Å². The van der Waals surface area contributed by atoms with Gasteiger partial charge in [-0.05, 0) is 18.8 Å². The Labute approximate surface area is 135 Å². The average Bonchev–Trinajstić information content (AvgIpc) is 2.49. The van der Waals surface area contributed by atoms with Gasteiger partial charge in [-0.15, -0.1) is 0 Å². The number of carbonyl (C=O) groups is 1. The third-order valence-corrected chi connectivity index (χ3v) is 2.88. The van der Waals surface area contributed by atoms with Crippen LogP contribution < -0.4 is 0 Å². The minimum atomic E-state index is -0.127. The van der Waals surface area contributed by atoms with E-state index in [1.165, 1.54) is 0 Å². The van der Waals surface area contributed by atoms with Gasteiger partial charge in [0.2, 0.25) is 0 Å². The summed E-state index contributed by atoms with van der Waals surface area (Å²) < 4.78 is 21.3. The van der Waals surface area contributed by atoms with Crippen molar-refractivity contribution in [2.24, 2.45) is 5.92 Å². The number of rotatable bonds is 16. The average molecular weight is 318 g/mol. The van der Waals surface area contributed by atoms with Crippen LogP contribution in [0, 0.1) is 5.92 Å². The molecule has 0 N–H and O–H groups in total. The van der Waals surface area contributed by atoms with E-state index in [2.05, 4.69) is 20.8 Å². The Hall–Kier alpha value is -0.650. The minimum absolute atomic E-state index is 0.127. The molecule has 0 aromatic heterocycles. The lowest BCUT2D eigenvalue weighted by Gasteiger charge is -2.08. The first-order valence-electron chi connectivity index (χ1n) is 8.55. The van der Waals surface area contributed by atoms with Gasteiger partial charge < -0.3 is 18.9 Å². The van der Waals surface area contributed by atoms with Gasteiger partial charge in [-0.25, -0.2) is 0 Å². The van der Waals surface area contributed by atoms with Crippen LogP contribution in [-0.4, -0.2) is 52.2 Å². The largest absolute Gasteiger partial charge is 0.466 e. The molecule has 5 nitrogen and oxygen atoms in total. The molecule has 0 spiro atoms. The summed E-state index contributed by atoms with van der Waals surface area (Å²) in [5, 5.41) is 0. The first kappa shape index (κ1) is 21.4. The van der Waals surface area contributed by atoms with Crippen molar-refractivity contribution in [3.05, 3.63) is 0 Å². The second-order valence-corrected chi connectivity index (χ2v) is 5.72. The molecule has 0 radical (unpaired) electrons. The summed E-state index contributed by atoms with van der Waals surface area (Å²) in [5.74, 6) is 0.430. The van der Waals surface area contributed by atoms with E-state index in [0.29, 0.717) is 58.4 Å². The molecule has 0 aliphatic rings. The first-order valence-corrected chi connectivity index (χ1v) is 8.55. The zero-order valence-electron chi connectivity index (χ0n) is 14.6. The fourth-order valence-electron chi connectivity index (χ4n) is 1.69. The quantitative estimate of drug-likeness (QED) is 0.323. The fourth-order valence-corrected chi connectivity index (χ4v) is 1.69. The second kappa shape index (κ2) is 16.7. The van der Waals surface area contributed by atoms with Gasteiger partial charge in [-0.1, -0.05) is 33.6 Å². The predicted octanol–water partition coefficient (Wildman–Crippen LogP) is 3.21. The van der Waals surface area contributed by atoms with E-state index in [1.807, 2.05) is 0 Å². The minimum Gasteiger partial charge on any atom is -0.466 e.